The summed E-state index contributed by atoms with van der Waals surface area (Å²) in [5.74, 6) is 0.435. The van der Waals surface area contributed by atoms with Crippen LogP contribution in [0.15, 0.2) is 0 Å². The topological polar surface area (TPSA) is 64.6 Å². The summed E-state index contributed by atoms with van der Waals surface area (Å²) in [4.78, 5) is 24.5. The van der Waals surface area contributed by atoms with Gasteiger partial charge in [0, 0.05) is 0 Å². The van der Waals surface area contributed by atoms with E-state index in [-0.39, 0.29) is 5.97 Å². The highest BCUT2D eigenvalue weighted by Gasteiger charge is 2.23. The van der Waals surface area contributed by atoms with Gasteiger partial charge in [-0.2, -0.15) is 0 Å². The summed E-state index contributed by atoms with van der Waals surface area (Å²) in [5.41, 5.74) is 0. The predicted molar refractivity (Wildman–Crippen MR) is 111 cm³/mol. The Morgan fingerprint density at radius 2 is 1.26 bits per heavy atom. The van der Waals surface area contributed by atoms with Gasteiger partial charge in [-0.3, -0.25) is 0 Å². The molecule has 0 rings (SSSR count). The number of carbonyl (C=O) groups excluding carboxylic acids is 2. The van der Waals surface area contributed by atoms with Gasteiger partial charge in [-0.1, -0.05) is 79.6 Å². The van der Waals surface area contributed by atoms with Crippen LogP contribution < -0.4 is 5.32 Å². The molecule has 5 nitrogen and oxygen atoms in total. The molecule has 0 aromatic heterocycles. The normalized spacial score (nSPS) is 14.3. The summed E-state index contributed by atoms with van der Waals surface area (Å²) in [6, 6.07) is -0.623. The first-order chi connectivity index (χ1) is 13.0. The van der Waals surface area contributed by atoms with Crippen molar-refractivity contribution in [3.63, 3.8) is 0 Å². The quantitative estimate of drug-likeness (QED) is 0.338. The van der Waals surface area contributed by atoms with Crippen molar-refractivity contribution in [1.29, 1.82) is 0 Å². The van der Waals surface area contributed by atoms with Crippen LogP contribution in [0.3, 0.4) is 0 Å². The smallest absolute Gasteiger partial charge is 0.407 e. The Balaban J connectivity index is 4.42. The van der Waals surface area contributed by atoms with Crippen molar-refractivity contribution in [2.75, 3.05) is 13.2 Å². The van der Waals surface area contributed by atoms with Crippen molar-refractivity contribution < 1.29 is 19.1 Å². The molecule has 0 fully saturated rings. The molecule has 5 heteroatoms. The van der Waals surface area contributed by atoms with Crippen LogP contribution in [0, 0.1) is 11.8 Å². The van der Waals surface area contributed by atoms with E-state index < -0.39 is 12.1 Å². The van der Waals surface area contributed by atoms with Gasteiger partial charge in [0.1, 0.15) is 6.04 Å². The lowest BCUT2D eigenvalue weighted by Gasteiger charge is -2.20. The predicted octanol–water partition coefficient (Wildman–Crippen LogP) is 5.86. The van der Waals surface area contributed by atoms with Gasteiger partial charge in [-0.15, -0.1) is 0 Å². The number of hydrogen-bond donors (Lipinski definition) is 1. The molecule has 0 aromatic carbocycles. The first-order valence-electron chi connectivity index (χ1n) is 11.1. The number of alkyl carbamates (subject to hydrolysis) is 1. The third-order valence-electron chi connectivity index (χ3n) is 5.15. The van der Waals surface area contributed by atoms with E-state index >= 15 is 0 Å². The molecular formula is C22H43NO4. The van der Waals surface area contributed by atoms with Crippen molar-refractivity contribution in [1.82, 2.24) is 5.32 Å². The summed E-state index contributed by atoms with van der Waals surface area (Å²) in [6.07, 6.45) is 9.55. The van der Waals surface area contributed by atoms with Gasteiger partial charge < -0.3 is 14.8 Å². The molecule has 0 aromatic rings. The zero-order valence-electron chi connectivity index (χ0n) is 18.4. The molecule has 0 spiro atoms. The standard InChI is InChI=1S/C22H43NO4/c1-6-11-14-18(9-4)16-26-21(24)20(13-8-3)23-22(25)27-17-19(10-5)15-12-7-2/h18-20H,6-17H2,1-5H3,(H,23,25). The molecule has 0 radical (unpaired) electrons. The van der Waals surface area contributed by atoms with Crippen LogP contribution in [0.4, 0.5) is 4.79 Å². The average Bonchev–Trinajstić information content (AvgIpc) is 2.67. The van der Waals surface area contributed by atoms with Crippen molar-refractivity contribution in [3.8, 4) is 0 Å². The number of nitrogens with one attached hydrogen (secondary N) is 1. The van der Waals surface area contributed by atoms with Gasteiger partial charge in [-0.05, 0) is 31.1 Å². The molecule has 0 aliphatic heterocycles. The Morgan fingerprint density at radius 1 is 0.741 bits per heavy atom. The lowest BCUT2D eigenvalue weighted by molar-refractivity contribution is -0.147. The van der Waals surface area contributed by atoms with Crippen LogP contribution in [-0.2, 0) is 14.3 Å². The first-order valence-corrected chi connectivity index (χ1v) is 11.1. The number of carbonyl (C=O) groups is 2. The van der Waals surface area contributed by atoms with E-state index in [0.29, 0.717) is 31.5 Å². The molecule has 0 bridgehead atoms. The Kier molecular flexibility index (Phi) is 16.1. The number of unbranched alkanes of at least 4 members (excludes halogenated alkanes) is 2. The van der Waals surface area contributed by atoms with Crippen molar-refractivity contribution >= 4 is 12.1 Å². The van der Waals surface area contributed by atoms with Crippen LogP contribution in [0.5, 0.6) is 0 Å². The number of ether oxygens (including phenoxy) is 2. The minimum Gasteiger partial charge on any atom is -0.464 e. The second-order valence-electron chi connectivity index (χ2n) is 7.55. The molecule has 0 aliphatic carbocycles. The molecule has 1 N–H and O–H groups in total. The lowest BCUT2D eigenvalue weighted by Crippen LogP contribution is -2.42. The highest BCUT2D eigenvalue weighted by Crippen LogP contribution is 2.15. The molecule has 0 heterocycles. The maximum Gasteiger partial charge on any atom is 0.407 e. The van der Waals surface area contributed by atoms with Crippen LogP contribution in [0.2, 0.25) is 0 Å². The zero-order chi connectivity index (χ0) is 20.5. The van der Waals surface area contributed by atoms with Crippen molar-refractivity contribution in [2.45, 2.75) is 105 Å². The van der Waals surface area contributed by atoms with Crippen molar-refractivity contribution in [3.05, 3.63) is 0 Å². The summed E-state index contributed by atoms with van der Waals surface area (Å²) in [7, 11) is 0. The largest absolute Gasteiger partial charge is 0.464 e. The summed E-state index contributed by atoms with van der Waals surface area (Å²) in [5, 5.41) is 2.70. The minimum atomic E-state index is -0.623. The Hall–Kier alpha value is -1.26. The van der Waals surface area contributed by atoms with Gasteiger partial charge in [0.2, 0.25) is 0 Å². The minimum absolute atomic E-state index is 0.346. The number of esters is 1. The van der Waals surface area contributed by atoms with Gasteiger partial charge in [0.05, 0.1) is 13.2 Å². The van der Waals surface area contributed by atoms with Crippen molar-refractivity contribution in [2.24, 2.45) is 11.8 Å². The molecule has 1 amide bonds. The zero-order valence-corrected chi connectivity index (χ0v) is 18.4. The van der Waals surface area contributed by atoms with E-state index in [9.17, 15) is 9.59 Å². The van der Waals surface area contributed by atoms with E-state index in [0.717, 1.165) is 57.8 Å². The Bertz CT molecular complexity index is 387. The maximum atomic E-state index is 12.4. The third kappa shape index (κ3) is 12.7. The van der Waals surface area contributed by atoms with Crippen LogP contribution in [-0.4, -0.2) is 31.3 Å². The monoisotopic (exact) mass is 385 g/mol. The van der Waals surface area contributed by atoms with E-state index in [1.807, 2.05) is 6.92 Å². The molecule has 27 heavy (non-hydrogen) atoms. The van der Waals surface area contributed by atoms with E-state index in [4.69, 9.17) is 9.47 Å². The van der Waals surface area contributed by atoms with E-state index in [2.05, 4.69) is 33.0 Å². The van der Waals surface area contributed by atoms with Crippen LogP contribution in [0.1, 0.15) is 98.8 Å². The fraction of sp³-hybridized carbons (Fsp3) is 0.909. The SMILES string of the molecule is CCCCC(CC)COC(=O)NC(CCC)C(=O)OCC(CC)CCCC. The second-order valence-corrected chi connectivity index (χ2v) is 7.55. The molecule has 0 aliphatic rings. The Morgan fingerprint density at radius 3 is 1.70 bits per heavy atom. The average molecular weight is 386 g/mol. The number of amides is 1. The highest BCUT2D eigenvalue weighted by atomic mass is 16.6. The summed E-state index contributed by atoms with van der Waals surface area (Å²) >= 11 is 0. The highest BCUT2D eigenvalue weighted by molar-refractivity contribution is 5.81. The van der Waals surface area contributed by atoms with Gasteiger partial charge in [0.15, 0.2) is 0 Å². The van der Waals surface area contributed by atoms with E-state index in [1.54, 1.807) is 0 Å². The molecule has 3 atom stereocenters. The molecule has 160 valence electrons. The molecular weight excluding hydrogens is 342 g/mol. The van der Waals surface area contributed by atoms with Gasteiger partial charge in [0.25, 0.3) is 0 Å². The van der Waals surface area contributed by atoms with E-state index in [1.165, 1.54) is 0 Å². The fourth-order valence-corrected chi connectivity index (χ4v) is 3.01. The van der Waals surface area contributed by atoms with Gasteiger partial charge in [-0.25, -0.2) is 9.59 Å². The molecule has 0 saturated heterocycles. The maximum absolute atomic E-state index is 12.4. The third-order valence-corrected chi connectivity index (χ3v) is 5.15. The second kappa shape index (κ2) is 16.9. The lowest BCUT2D eigenvalue weighted by atomic mass is 10.0. The summed E-state index contributed by atoms with van der Waals surface area (Å²) < 4.78 is 10.9. The number of rotatable bonds is 16. The molecule has 3 unspecified atom stereocenters. The fourth-order valence-electron chi connectivity index (χ4n) is 3.01. The van der Waals surface area contributed by atoms with Gasteiger partial charge >= 0.3 is 12.1 Å². The number of hydrogen-bond acceptors (Lipinski definition) is 4. The van der Waals surface area contributed by atoms with Crippen LogP contribution >= 0.6 is 0 Å². The van der Waals surface area contributed by atoms with Crippen LogP contribution in [0.25, 0.3) is 0 Å². The first kappa shape index (κ1) is 25.7. The molecule has 0 saturated carbocycles. The summed E-state index contributed by atoms with van der Waals surface area (Å²) in [6.45, 7) is 11.4. The Labute approximate surface area is 167 Å².